The summed E-state index contributed by atoms with van der Waals surface area (Å²) in [6.45, 7) is 0. The van der Waals surface area contributed by atoms with Crippen molar-refractivity contribution in [2.45, 2.75) is 44.6 Å². The first-order valence-corrected chi connectivity index (χ1v) is 8.95. The second-order valence-electron chi connectivity index (χ2n) is 6.28. The molecule has 0 saturated heterocycles. The highest BCUT2D eigenvalue weighted by atomic mass is 16.4. The standard InChI is InChI=1S/C21H24N2O2/c24-19(14-7-2-1-4-10-17-11-5-3-6-12-17)21-23-16-20(25-21)18-13-8-9-15-22-18/h3,5-6,8-9,11-13,15-16,18,22H,1-2,4,7,10,14H2. The minimum absolute atomic E-state index is 0.00959. The fourth-order valence-electron chi connectivity index (χ4n) is 2.90. The van der Waals surface area contributed by atoms with Gasteiger partial charge >= 0.3 is 0 Å². The molecule has 0 fully saturated rings. The van der Waals surface area contributed by atoms with E-state index in [-0.39, 0.29) is 17.7 Å². The number of oxazole rings is 1. The predicted molar refractivity (Wildman–Crippen MR) is 98.2 cm³/mol. The number of dihydropyridines is 1. The Morgan fingerprint density at radius 3 is 2.72 bits per heavy atom. The first-order chi connectivity index (χ1) is 12.3. The van der Waals surface area contributed by atoms with E-state index >= 15 is 0 Å². The van der Waals surface area contributed by atoms with Gasteiger partial charge in [0.25, 0.3) is 5.89 Å². The smallest absolute Gasteiger partial charge is 0.263 e. The number of carbonyl (C=O) groups excluding carboxylic acids is 1. The van der Waals surface area contributed by atoms with Crippen LogP contribution in [0.4, 0.5) is 0 Å². The van der Waals surface area contributed by atoms with Gasteiger partial charge in [0.2, 0.25) is 5.78 Å². The predicted octanol–water partition coefficient (Wildman–Crippen LogP) is 4.76. The fourth-order valence-corrected chi connectivity index (χ4v) is 2.90. The number of aromatic nitrogens is 1. The third-order valence-corrected chi connectivity index (χ3v) is 4.32. The summed E-state index contributed by atoms with van der Waals surface area (Å²) in [6, 6.07) is 10.5. The zero-order valence-corrected chi connectivity index (χ0v) is 14.4. The summed E-state index contributed by atoms with van der Waals surface area (Å²) >= 11 is 0. The van der Waals surface area contributed by atoms with Gasteiger partial charge in [0.05, 0.1) is 6.20 Å². The molecule has 2 aromatic rings. The van der Waals surface area contributed by atoms with E-state index in [9.17, 15) is 4.79 Å². The van der Waals surface area contributed by atoms with Gasteiger partial charge < -0.3 is 9.73 Å². The van der Waals surface area contributed by atoms with Gasteiger partial charge in [-0.05, 0) is 37.1 Å². The van der Waals surface area contributed by atoms with Crippen molar-refractivity contribution in [3.63, 3.8) is 0 Å². The third kappa shape index (κ3) is 5.18. The van der Waals surface area contributed by atoms with Crippen LogP contribution in [0.25, 0.3) is 0 Å². The van der Waals surface area contributed by atoms with E-state index in [1.807, 2.05) is 30.5 Å². The van der Waals surface area contributed by atoms with E-state index in [1.165, 1.54) is 5.56 Å². The molecular weight excluding hydrogens is 312 g/mol. The summed E-state index contributed by atoms with van der Waals surface area (Å²) in [5, 5.41) is 3.16. The number of benzene rings is 1. The lowest BCUT2D eigenvalue weighted by molar-refractivity contribution is 0.0943. The molecule has 1 aliphatic heterocycles. The van der Waals surface area contributed by atoms with Crippen LogP contribution in [0.2, 0.25) is 0 Å². The highest BCUT2D eigenvalue weighted by molar-refractivity contribution is 5.91. The van der Waals surface area contributed by atoms with E-state index in [2.05, 4.69) is 34.6 Å². The molecule has 1 aliphatic rings. The average molecular weight is 336 g/mol. The summed E-state index contributed by atoms with van der Waals surface area (Å²) in [5.41, 5.74) is 1.38. The van der Waals surface area contributed by atoms with Crippen molar-refractivity contribution in [2.24, 2.45) is 0 Å². The van der Waals surface area contributed by atoms with E-state index < -0.39 is 0 Å². The van der Waals surface area contributed by atoms with Crippen LogP contribution in [0, 0.1) is 0 Å². The third-order valence-electron chi connectivity index (χ3n) is 4.32. The lowest BCUT2D eigenvalue weighted by atomic mass is 10.0. The van der Waals surface area contributed by atoms with Crippen LogP contribution in [-0.2, 0) is 6.42 Å². The number of hydrogen-bond acceptors (Lipinski definition) is 4. The molecule has 0 amide bonds. The monoisotopic (exact) mass is 336 g/mol. The molecule has 1 aromatic carbocycles. The number of aryl methyl sites for hydroxylation is 1. The number of nitrogens with one attached hydrogen (secondary N) is 1. The Hall–Kier alpha value is -2.62. The first kappa shape index (κ1) is 17.2. The molecule has 2 heterocycles. The van der Waals surface area contributed by atoms with Crippen LogP contribution in [0.3, 0.4) is 0 Å². The lowest BCUT2D eigenvalue weighted by Gasteiger charge is -2.11. The van der Waals surface area contributed by atoms with Crippen LogP contribution in [0.5, 0.6) is 0 Å². The molecule has 0 saturated carbocycles. The molecule has 1 aromatic heterocycles. The maximum atomic E-state index is 12.2. The zero-order chi connectivity index (χ0) is 17.3. The lowest BCUT2D eigenvalue weighted by Crippen LogP contribution is -2.14. The molecule has 4 nitrogen and oxygen atoms in total. The van der Waals surface area contributed by atoms with E-state index in [0.717, 1.165) is 32.1 Å². The largest absolute Gasteiger partial charge is 0.436 e. The second-order valence-corrected chi connectivity index (χ2v) is 6.28. The van der Waals surface area contributed by atoms with Crippen molar-refractivity contribution in [1.29, 1.82) is 0 Å². The summed E-state index contributed by atoms with van der Waals surface area (Å²) in [5.74, 6) is 0.889. The van der Waals surface area contributed by atoms with Crippen molar-refractivity contribution >= 4 is 5.78 Å². The number of carbonyl (C=O) groups is 1. The fraction of sp³-hybridized carbons (Fsp3) is 0.333. The molecule has 1 unspecified atom stereocenters. The van der Waals surface area contributed by atoms with Crippen molar-refractivity contribution in [1.82, 2.24) is 10.3 Å². The van der Waals surface area contributed by atoms with Crippen LogP contribution in [-0.4, -0.2) is 10.8 Å². The summed E-state index contributed by atoms with van der Waals surface area (Å²) in [6.07, 6.45) is 15.2. The van der Waals surface area contributed by atoms with Crippen molar-refractivity contribution in [2.75, 3.05) is 0 Å². The van der Waals surface area contributed by atoms with E-state index in [4.69, 9.17) is 4.42 Å². The van der Waals surface area contributed by atoms with Gasteiger partial charge in [-0.1, -0.05) is 55.3 Å². The number of allylic oxidation sites excluding steroid dienone is 2. The van der Waals surface area contributed by atoms with Gasteiger partial charge in [-0.2, -0.15) is 0 Å². The Morgan fingerprint density at radius 1 is 1.08 bits per heavy atom. The summed E-state index contributed by atoms with van der Waals surface area (Å²) in [7, 11) is 0. The normalized spacial score (nSPS) is 15.9. The van der Waals surface area contributed by atoms with Gasteiger partial charge in [-0.25, -0.2) is 4.98 Å². The molecule has 3 rings (SSSR count). The van der Waals surface area contributed by atoms with Crippen LogP contribution >= 0.6 is 0 Å². The molecule has 25 heavy (non-hydrogen) atoms. The average Bonchev–Trinajstić information content (AvgIpc) is 3.16. The molecule has 0 bridgehead atoms. The Labute approximate surface area is 148 Å². The van der Waals surface area contributed by atoms with Gasteiger partial charge in [-0.3, -0.25) is 4.79 Å². The number of hydrogen-bond donors (Lipinski definition) is 1. The van der Waals surface area contributed by atoms with E-state index in [1.54, 1.807) is 6.20 Å². The first-order valence-electron chi connectivity index (χ1n) is 8.95. The number of rotatable bonds is 9. The van der Waals surface area contributed by atoms with Gasteiger partial charge in [0.15, 0.2) is 5.76 Å². The Balaban J connectivity index is 1.34. The van der Waals surface area contributed by atoms with Crippen molar-refractivity contribution in [3.05, 3.63) is 78.2 Å². The van der Waals surface area contributed by atoms with E-state index in [0.29, 0.717) is 12.2 Å². The second kappa shape index (κ2) is 9.02. The minimum Gasteiger partial charge on any atom is -0.436 e. The summed E-state index contributed by atoms with van der Waals surface area (Å²) in [4.78, 5) is 16.3. The molecular formula is C21H24N2O2. The highest BCUT2D eigenvalue weighted by Gasteiger charge is 2.17. The maximum Gasteiger partial charge on any atom is 0.263 e. The minimum atomic E-state index is -0.0444. The number of nitrogens with zero attached hydrogens (tertiary/aromatic N) is 1. The number of unbranched alkanes of at least 4 members (excludes halogenated alkanes) is 3. The molecule has 0 radical (unpaired) electrons. The van der Waals surface area contributed by atoms with Crippen LogP contribution < -0.4 is 5.32 Å². The molecule has 1 atom stereocenters. The quantitative estimate of drug-likeness (QED) is 0.529. The Kier molecular flexibility index (Phi) is 6.21. The molecule has 0 spiro atoms. The zero-order valence-electron chi connectivity index (χ0n) is 14.4. The van der Waals surface area contributed by atoms with Gasteiger partial charge in [0, 0.05) is 6.42 Å². The van der Waals surface area contributed by atoms with Crippen LogP contribution in [0.15, 0.2) is 65.4 Å². The highest BCUT2D eigenvalue weighted by Crippen LogP contribution is 2.19. The van der Waals surface area contributed by atoms with Gasteiger partial charge in [0.1, 0.15) is 6.04 Å². The molecule has 1 N–H and O–H groups in total. The van der Waals surface area contributed by atoms with Crippen LogP contribution in [0.1, 0.15) is 60.2 Å². The number of Topliss-reactive ketones (excluding diaryl/α,β-unsaturated/α-hetero) is 1. The number of ketones is 1. The van der Waals surface area contributed by atoms with Gasteiger partial charge in [-0.15, -0.1) is 0 Å². The maximum absolute atomic E-state index is 12.2. The Bertz CT molecular complexity index is 731. The topological polar surface area (TPSA) is 55.1 Å². The molecule has 0 aliphatic carbocycles. The van der Waals surface area contributed by atoms with Crippen molar-refractivity contribution in [3.8, 4) is 0 Å². The Morgan fingerprint density at radius 2 is 1.92 bits per heavy atom. The summed E-state index contributed by atoms with van der Waals surface area (Å²) < 4.78 is 5.61. The molecule has 4 heteroatoms. The van der Waals surface area contributed by atoms with Crippen molar-refractivity contribution < 1.29 is 9.21 Å². The SMILES string of the molecule is O=C(CCCCCCc1ccccc1)c1ncc(C2C=CC=CN2)o1. The molecule has 130 valence electrons.